The molecule has 10 heteroatoms. The van der Waals surface area contributed by atoms with E-state index in [0.29, 0.717) is 43.9 Å². The van der Waals surface area contributed by atoms with E-state index in [4.69, 9.17) is 4.74 Å². The normalized spacial score (nSPS) is 19.1. The van der Waals surface area contributed by atoms with Crippen molar-refractivity contribution in [3.8, 4) is 0 Å². The highest BCUT2D eigenvalue weighted by atomic mass is 19.4. The molecule has 0 spiro atoms. The summed E-state index contributed by atoms with van der Waals surface area (Å²) in [5.74, 6) is 0.760. The Hall–Kier alpha value is -3.01. The van der Waals surface area contributed by atoms with E-state index in [9.17, 15) is 18.0 Å². The molecule has 0 N–H and O–H groups in total. The number of alkyl halides is 3. The summed E-state index contributed by atoms with van der Waals surface area (Å²) in [6, 6.07) is 6.00. The van der Waals surface area contributed by atoms with Gasteiger partial charge in [-0.25, -0.2) is 15.0 Å². The van der Waals surface area contributed by atoms with Gasteiger partial charge in [-0.05, 0) is 25.0 Å². The van der Waals surface area contributed by atoms with Gasteiger partial charge in [0.25, 0.3) is 5.56 Å². The molecule has 4 heterocycles. The first kappa shape index (κ1) is 19.9. The Morgan fingerprint density at radius 3 is 2.87 bits per heavy atom. The molecule has 1 saturated heterocycles. The minimum atomic E-state index is -4.55. The number of hydrogen-bond donors (Lipinski definition) is 0. The van der Waals surface area contributed by atoms with Crippen LogP contribution in [0.25, 0.3) is 10.9 Å². The minimum Gasteiger partial charge on any atom is -0.376 e. The topological polar surface area (TPSA) is 73.1 Å². The highest BCUT2D eigenvalue weighted by Gasteiger charge is 2.37. The van der Waals surface area contributed by atoms with Crippen LogP contribution in [-0.2, 0) is 24.3 Å². The van der Waals surface area contributed by atoms with Crippen LogP contribution in [-0.4, -0.2) is 38.8 Å². The summed E-state index contributed by atoms with van der Waals surface area (Å²) in [7, 11) is 0. The summed E-state index contributed by atoms with van der Waals surface area (Å²) in [6.45, 7) is 0.149. The molecule has 1 atom stereocenters. The van der Waals surface area contributed by atoms with Crippen LogP contribution in [0.3, 0.4) is 0 Å². The lowest BCUT2D eigenvalue weighted by molar-refractivity contribution is -0.141. The zero-order chi connectivity index (χ0) is 21.6. The molecule has 0 amide bonds. The number of ether oxygens (including phenoxy) is 1. The lowest BCUT2D eigenvalue weighted by atomic mass is 10.1. The van der Waals surface area contributed by atoms with Crippen LogP contribution in [0.5, 0.6) is 0 Å². The molecular formula is C21H20F3N5O2. The fourth-order valence-corrected chi connectivity index (χ4v) is 4.45. The van der Waals surface area contributed by atoms with Crippen molar-refractivity contribution in [3.05, 3.63) is 58.0 Å². The molecule has 1 unspecified atom stereocenters. The maximum atomic E-state index is 13.4. The Bertz CT molecular complexity index is 1190. The number of fused-ring (bicyclic) bond motifs is 2. The number of anilines is 1. The molecule has 2 aliphatic heterocycles. The maximum Gasteiger partial charge on any atom is 0.406 e. The third-order valence-electron chi connectivity index (χ3n) is 5.79. The quantitative estimate of drug-likeness (QED) is 0.634. The molecular weight excluding hydrogens is 411 g/mol. The number of hydrogen-bond acceptors (Lipinski definition) is 6. The monoisotopic (exact) mass is 431 g/mol. The summed E-state index contributed by atoms with van der Waals surface area (Å²) in [5.41, 5.74) is 1.45. The van der Waals surface area contributed by atoms with E-state index in [1.807, 2.05) is 4.90 Å². The summed E-state index contributed by atoms with van der Waals surface area (Å²) >= 11 is 0. The fraction of sp³-hybridized carbons (Fsp3) is 0.429. The Morgan fingerprint density at radius 1 is 1.19 bits per heavy atom. The second-order valence-electron chi connectivity index (χ2n) is 7.77. The largest absolute Gasteiger partial charge is 0.406 e. The van der Waals surface area contributed by atoms with Crippen LogP contribution >= 0.6 is 0 Å². The standard InChI is InChI=1S/C21H20F3N5O2/c22-21(23,24)11-29-19(27-16-5-2-1-4-13(16)20(29)30)17-6-3-8-28(17)18-14-10-31-9-7-15(14)25-12-26-18/h1-2,4-5,12,17H,3,6-11H2. The second-order valence-corrected chi connectivity index (χ2v) is 7.77. The molecule has 162 valence electrons. The van der Waals surface area contributed by atoms with E-state index in [2.05, 4.69) is 15.0 Å². The Kier molecular flexibility index (Phi) is 4.88. The van der Waals surface area contributed by atoms with Gasteiger partial charge in [-0.1, -0.05) is 12.1 Å². The molecule has 31 heavy (non-hydrogen) atoms. The second kappa shape index (κ2) is 7.60. The van der Waals surface area contributed by atoms with Crippen LogP contribution in [0, 0.1) is 0 Å². The van der Waals surface area contributed by atoms with Crippen LogP contribution < -0.4 is 10.5 Å². The van der Waals surface area contributed by atoms with E-state index in [-0.39, 0.29) is 11.2 Å². The van der Waals surface area contributed by atoms with Crippen LogP contribution in [0.1, 0.15) is 36.0 Å². The van der Waals surface area contributed by atoms with Gasteiger partial charge in [-0.3, -0.25) is 9.36 Å². The van der Waals surface area contributed by atoms with E-state index in [1.54, 1.807) is 18.2 Å². The first-order chi connectivity index (χ1) is 14.9. The number of para-hydroxylation sites is 1. The van der Waals surface area contributed by atoms with Gasteiger partial charge in [-0.15, -0.1) is 0 Å². The molecule has 1 aromatic carbocycles. The van der Waals surface area contributed by atoms with Gasteiger partial charge in [0.15, 0.2) is 0 Å². The molecule has 3 aromatic rings. The van der Waals surface area contributed by atoms with Crippen LogP contribution in [0.15, 0.2) is 35.4 Å². The summed E-state index contributed by atoms with van der Waals surface area (Å²) in [5, 5.41) is 0.174. The molecule has 1 fully saturated rings. The third-order valence-corrected chi connectivity index (χ3v) is 5.79. The van der Waals surface area contributed by atoms with Crippen molar-refractivity contribution in [3.63, 3.8) is 0 Å². The van der Waals surface area contributed by atoms with Crippen LogP contribution in [0.2, 0.25) is 0 Å². The van der Waals surface area contributed by atoms with E-state index in [0.717, 1.165) is 22.2 Å². The number of rotatable bonds is 3. The van der Waals surface area contributed by atoms with Crippen molar-refractivity contribution in [2.75, 3.05) is 18.1 Å². The molecule has 0 radical (unpaired) electrons. The molecule has 0 bridgehead atoms. The first-order valence-electron chi connectivity index (χ1n) is 10.2. The van der Waals surface area contributed by atoms with Gasteiger partial charge < -0.3 is 9.64 Å². The number of halogens is 3. The molecule has 2 aliphatic rings. The predicted molar refractivity (Wildman–Crippen MR) is 107 cm³/mol. The van der Waals surface area contributed by atoms with Crippen molar-refractivity contribution >= 4 is 16.7 Å². The predicted octanol–water partition coefficient (Wildman–Crippen LogP) is 3.16. The molecule has 5 rings (SSSR count). The zero-order valence-electron chi connectivity index (χ0n) is 16.6. The third kappa shape index (κ3) is 3.65. The van der Waals surface area contributed by atoms with Gasteiger partial charge in [0.1, 0.15) is 24.5 Å². The van der Waals surface area contributed by atoms with Crippen LogP contribution in [0.4, 0.5) is 19.0 Å². The lowest BCUT2D eigenvalue weighted by Crippen LogP contribution is -2.36. The summed E-state index contributed by atoms with van der Waals surface area (Å²) < 4.78 is 46.5. The van der Waals surface area contributed by atoms with Gasteiger partial charge in [-0.2, -0.15) is 13.2 Å². The first-order valence-corrected chi connectivity index (χ1v) is 10.2. The average molecular weight is 431 g/mol. The maximum absolute atomic E-state index is 13.4. The summed E-state index contributed by atoms with van der Waals surface area (Å²) in [6.07, 6.45) is -1.09. The van der Waals surface area contributed by atoms with E-state index >= 15 is 0 Å². The SMILES string of the molecule is O=c1c2ccccc2nc(C2CCCN2c2ncnc3c2COCC3)n1CC(F)(F)F. The number of benzene rings is 1. The van der Waals surface area contributed by atoms with Crippen molar-refractivity contribution in [1.82, 2.24) is 19.5 Å². The van der Waals surface area contributed by atoms with Gasteiger partial charge in [0.2, 0.25) is 0 Å². The highest BCUT2D eigenvalue weighted by Crippen LogP contribution is 2.38. The number of aromatic nitrogens is 4. The van der Waals surface area contributed by atoms with Crippen molar-refractivity contribution < 1.29 is 17.9 Å². The fourth-order valence-electron chi connectivity index (χ4n) is 4.45. The van der Waals surface area contributed by atoms with Gasteiger partial charge in [0.05, 0.1) is 35.9 Å². The molecule has 0 aliphatic carbocycles. The van der Waals surface area contributed by atoms with E-state index in [1.165, 1.54) is 12.4 Å². The Labute approximate surface area is 175 Å². The average Bonchev–Trinajstić information content (AvgIpc) is 3.24. The smallest absolute Gasteiger partial charge is 0.376 e. The van der Waals surface area contributed by atoms with Gasteiger partial charge >= 0.3 is 6.18 Å². The summed E-state index contributed by atoms with van der Waals surface area (Å²) in [4.78, 5) is 28.3. The Morgan fingerprint density at radius 2 is 2.03 bits per heavy atom. The van der Waals surface area contributed by atoms with Gasteiger partial charge in [0, 0.05) is 18.5 Å². The molecule has 2 aromatic heterocycles. The number of nitrogens with zero attached hydrogens (tertiary/aromatic N) is 5. The lowest BCUT2D eigenvalue weighted by Gasteiger charge is -2.30. The van der Waals surface area contributed by atoms with E-state index < -0.39 is 24.3 Å². The highest BCUT2D eigenvalue weighted by molar-refractivity contribution is 5.77. The Balaban J connectivity index is 1.66. The molecule has 7 nitrogen and oxygen atoms in total. The zero-order valence-corrected chi connectivity index (χ0v) is 16.6. The van der Waals surface area contributed by atoms with Crippen molar-refractivity contribution in [2.24, 2.45) is 0 Å². The minimum absolute atomic E-state index is 0.114. The molecule has 0 saturated carbocycles. The van der Waals surface area contributed by atoms with Crippen molar-refractivity contribution in [1.29, 1.82) is 0 Å². The van der Waals surface area contributed by atoms with Crippen molar-refractivity contribution in [2.45, 2.75) is 44.6 Å².